The molecule has 5 nitrogen and oxygen atoms in total. The third kappa shape index (κ3) is 3.31. The van der Waals surface area contributed by atoms with Gasteiger partial charge in [-0.05, 0) is 26.3 Å². The summed E-state index contributed by atoms with van der Waals surface area (Å²) < 4.78 is 12.2. The Morgan fingerprint density at radius 2 is 2.00 bits per heavy atom. The fourth-order valence-electron chi connectivity index (χ4n) is 2.16. The molecular formula is C13H24N2O3. The molecule has 0 radical (unpaired) electrons. The maximum atomic E-state index is 10.4. The fourth-order valence-corrected chi connectivity index (χ4v) is 2.16. The number of aliphatic hydroxyl groups is 1. The molecule has 1 aromatic rings. The SMILES string of the molecule is CCc1cc(CC(C)(O)C(OC)OC)n(CC)n1. The van der Waals surface area contributed by atoms with E-state index in [0.717, 1.165) is 24.4 Å². The van der Waals surface area contributed by atoms with E-state index in [0.29, 0.717) is 6.42 Å². The van der Waals surface area contributed by atoms with Crippen molar-refractivity contribution in [3.63, 3.8) is 0 Å². The summed E-state index contributed by atoms with van der Waals surface area (Å²) in [6.45, 7) is 6.60. The molecule has 0 bridgehead atoms. The molecule has 1 aromatic heterocycles. The van der Waals surface area contributed by atoms with Crippen molar-refractivity contribution in [2.24, 2.45) is 0 Å². The minimum absolute atomic E-state index is 0.445. The number of methoxy groups -OCH3 is 2. The lowest BCUT2D eigenvalue weighted by Gasteiger charge is -2.30. The zero-order valence-corrected chi connectivity index (χ0v) is 11.9. The molecule has 0 aliphatic heterocycles. The van der Waals surface area contributed by atoms with Gasteiger partial charge >= 0.3 is 0 Å². The molecule has 1 atom stereocenters. The first-order valence-electron chi connectivity index (χ1n) is 6.32. The third-order valence-electron chi connectivity index (χ3n) is 3.05. The standard InChI is InChI=1S/C13H24N2O3/c1-6-10-8-11(15(7-2)14-10)9-13(3,16)12(17-4)18-5/h8,12,16H,6-7,9H2,1-5H3. The molecular weight excluding hydrogens is 232 g/mol. The van der Waals surface area contributed by atoms with Crippen LogP contribution in [0.3, 0.4) is 0 Å². The van der Waals surface area contributed by atoms with Gasteiger partial charge in [0.1, 0.15) is 5.60 Å². The van der Waals surface area contributed by atoms with Gasteiger partial charge in [-0.25, -0.2) is 0 Å². The van der Waals surface area contributed by atoms with Gasteiger partial charge in [0.25, 0.3) is 0 Å². The molecule has 1 heterocycles. The Kier molecular flexibility index (Phi) is 5.31. The van der Waals surface area contributed by atoms with Gasteiger partial charge in [0, 0.05) is 32.9 Å². The second kappa shape index (κ2) is 6.31. The number of hydrogen-bond donors (Lipinski definition) is 1. The van der Waals surface area contributed by atoms with Crippen LogP contribution < -0.4 is 0 Å². The lowest BCUT2D eigenvalue weighted by molar-refractivity contribution is -0.207. The molecule has 0 aliphatic carbocycles. The molecule has 0 spiro atoms. The van der Waals surface area contributed by atoms with Gasteiger partial charge < -0.3 is 14.6 Å². The summed E-state index contributed by atoms with van der Waals surface area (Å²) in [5.74, 6) is 0. The van der Waals surface area contributed by atoms with Crippen LogP contribution in [0.5, 0.6) is 0 Å². The van der Waals surface area contributed by atoms with Gasteiger partial charge in [-0.2, -0.15) is 5.10 Å². The minimum atomic E-state index is -1.08. The van der Waals surface area contributed by atoms with Crippen LogP contribution in [0.2, 0.25) is 0 Å². The van der Waals surface area contributed by atoms with E-state index in [9.17, 15) is 5.11 Å². The van der Waals surface area contributed by atoms with Gasteiger partial charge in [0.15, 0.2) is 6.29 Å². The van der Waals surface area contributed by atoms with Crippen LogP contribution in [-0.4, -0.2) is 41.0 Å². The molecule has 1 N–H and O–H groups in total. The fraction of sp³-hybridized carbons (Fsp3) is 0.769. The summed E-state index contributed by atoms with van der Waals surface area (Å²) in [5.41, 5.74) is 0.953. The average molecular weight is 256 g/mol. The number of hydrogen-bond acceptors (Lipinski definition) is 4. The summed E-state index contributed by atoms with van der Waals surface area (Å²) >= 11 is 0. The Balaban J connectivity index is 2.91. The number of nitrogens with zero attached hydrogens (tertiary/aromatic N) is 2. The van der Waals surface area contributed by atoms with E-state index in [-0.39, 0.29) is 0 Å². The Morgan fingerprint density at radius 1 is 1.39 bits per heavy atom. The molecule has 1 unspecified atom stereocenters. The molecule has 0 saturated heterocycles. The summed E-state index contributed by atoms with van der Waals surface area (Å²) in [6, 6.07) is 2.03. The van der Waals surface area contributed by atoms with Gasteiger partial charge in [-0.3, -0.25) is 4.68 Å². The lowest BCUT2D eigenvalue weighted by Crippen LogP contribution is -2.44. The maximum absolute atomic E-state index is 10.4. The normalized spacial score (nSPS) is 15.1. The largest absolute Gasteiger partial charge is 0.384 e. The molecule has 0 saturated carbocycles. The van der Waals surface area contributed by atoms with E-state index in [4.69, 9.17) is 9.47 Å². The van der Waals surface area contributed by atoms with Crippen molar-refractivity contribution in [1.82, 2.24) is 9.78 Å². The molecule has 0 amide bonds. The highest BCUT2D eigenvalue weighted by atomic mass is 16.7. The van der Waals surface area contributed by atoms with Crippen LogP contribution in [0.15, 0.2) is 6.07 Å². The molecule has 18 heavy (non-hydrogen) atoms. The first-order valence-corrected chi connectivity index (χ1v) is 6.32. The van der Waals surface area contributed by atoms with Crippen molar-refractivity contribution < 1.29 is 14.6 Å². The molecule has 5 heteroatoms. The number of aryl methyl sites for hydroxylation is 2. The average Bonchev–Trinajstić information content (AvgIpc) is 2.71. The van der Waals surface area contributed by atoms with Crippen LogP contribution in [-0.2, 0) is 28.9 Å². The van der Waals surface area contributed by atoms with Crippen molar-refractivity contribution in [3.8, 4) is 0 Å². The highest BCUT2D eigenvalue weighted by Gasteiger charge is 2.33. The van der Waals surface area contributed by atoms with Crippen molar-refractivity contribution in [2.75, 3.05) is 14.2 Å². The number of ether oxygens (including phenoxy) is 2. The molecule has 1 rings (SSSR count). The summed E-state index contributed by atoms with van der Waals surface area (Å²) in [6.07, 6.45) is 0.683. The highest BCUT2D eigenvalue weighted by Crippen LogP contribution is 2.20. The van der Waals surface area contributed by atoms with Crippen molar-refractivity contribution in [2.45, 2.75) is 52.0 Å². The van der Waals surface area contributed by atoms with Gasteiger partial charge in [-0.1, -0.05) is 6.92 Å². The van der Waals surface area contributed by atoms with Crippen LogP contribution in [0.1, 0.15) is 32.2 Å². The van der Waals surface area contributed by atoms with E-state index in [1.807, 2.05) is 17.7 Å². The highest BCUT2D eigenvalue weighted by molar-refractivity contribution is 5.13. The van der Waals surface area contributed by atoms with E-state index >= 15 is 0 Å². The first-order chi connectivity index (χ1) is 8.48. The van der Waals surface area contributed by atoms with Crippen LogP contribution >= 0.6 is 0 Å². The summed E-state index contributed by atoms with van der Waals surface area (Å²) in [4.78, 5) is 0. The van der Waals surface area contributed by atoms with Crippen LogP contribution in [0.25, 0.3) is 0 Å². The topological polar surface area (TPSA) is 56.5 Å². The third-order valence-corrected chi connectivity index (χ3v) is 3.05. The van der Waals surface area contributed by atoms with Gasteiger partial charge in [0.2, 0.25) is 0 Å². The Labute approximate surface area is 109 Å². The molecule has 104 valence electrons. The molecule has 0 aromatic carbocycles. The van der Waals surface area contributed by atoms with Crippen molar-refractivity contribution >= 4 is 0 Å². The predicted octanol–water partition coefficient (Wildman–Crippen LogP) is 1.38. The quantitative estimate of drug-likeness (QED) is 0.749. The van der Waals surface area contributed by atoms with Crippen molar-refractivity contribution in [1.29, 1.82) is 0 Å². The van der Waals surface area contributed by atoms with E-state index in [1.165, 1.54) is 14.2 Å². The minimum Gasteiger partial charge on any atom is -0.384 e. The predicted molar refractivity (Wildman–Crippen MR) is 69.4 cm³/mol. The van der Waals surface area contributed by atoms with Gasteiger partial charge in [-0.15, -0.1) is 0 Å². The lowest BCUT2D eigenvalue weighted by atomic mass is 9.99. The molecule has 0 fully saturated rings. The monoisotopic (exact) mass is 256 g/mol. The first kappa shape index (κ1) is 15.1. The number of rotatable bonds is 7. The smallest absolute Gasteiger partial charge is 0.185 e. The zero-order valence-electron chi connectivity index (χ0n) is 11.9. The Bertz CT molecular complexity index is 370. The number of aromatic nitrogens is 2. The second-order valence-electron chi connectivity index (χ2n) is 4.63. The Morgan fingerprint density at radius 3 is 2.44 bits per heavy atom. The van der Waals surface area contributed by atoms with E-state index in [1.54, 1.807) is 6.92 Å². The Hall–Kier alpha value is -0.910. The van der Waals surface area contributed by atoms with Crippen LogP contribution in [0.4, 0.5) is 0 Å². The second-order valence-corrected chi connectivity index (χ2v) is 4.63. The van der Waals surface area contributed by atoms with E-state index in [2.05, 4.69) is 12.0 Å². The van der Waals surface area contributed by atoms with E-state index < -0.39 is 11.9 Å². The molecule has 0 aliphatic rings. The summed E-state index contributed by atoms with van der Waals surface area (Å²) in [5, 5.41) is 14.9. The van der Waals surface area contributed by atoms with Crippen LogP contribution in [0, 0.1) is 0 Å². The zero-order chi connectivity index (χ0) is 13.8. The van der Waals surface area contributed by atoms with Crippen molar-refractivity contribution in [3.05, 3.63) is 17.5 Å². The summed E-state index contributed by atoms with van der Waals surface area (Å²) in [7, 11) is 3.05. The maximum Gasteiger partial charge on any atom is 0.185 e. The van der Waals surface area contributed by atoms with Gasteiger partial charge in [0.05, 0.1) is 5.69 Å².